The number of likely N-dealkylation sites (N-methyl/N-ethyl adjacent to an activating group) is 2. The van der Waals surface area contributed by atoms with Crippen LogP contribution in [-0.2, 0) is 26.5 Å². The highest BCUT2D eigenvalue weighted by molar-refractivity contribution is 7.90. The molecule has 0 radical (unpaired) electrons. The lowest BCUT2D eigenvalue weighted by Gasteiger charge is -2.32. The first-order valence-corrected chi connectivity index (χ1v) is 18.1. The number of hydrogen-bond acceptors (Lipinski definition) is 8. The Hall–Kier alpha value is -2.38. The molecule has 2 saturated heterocycles. The zero-order valence-corrected chi connectivity index (χ0v) is 27.0. The highest BCUT2D eigenvalue weighted by Gasteiger charge is 2.35. The summed E-state index contributed by atoms with van der Waals surface area (Å²) in [5.41, 5.74) is 8.58. The van der Waals surface area contributed by atoms with Crippen LogP contribution in [0.5, 0.6) is 0 Å². The van der Waals surface area contributed by atoms with Crippen LogP contribution in [0.3, 0.4) is 0 Å². The highest BCUT2D eigenvalue weighted by Crippen LogP contribution is 2.38. The summed E-state index contributed by atoms with van der Waals surface area (Å²) in [7, 11) is -3.90. The first-order valence-electron chi connectivity index (χ1n) is 15.2. The predicted octanol–water partition coefficient (Wildman–Crippen LogP) is 3.66. The topological polar surface area (TPSA) is 119 Å². The number of nitrogens with two attached hydrogens (primary N) is 1. The van der Waals surface area contributed by atoms with E-state index in [9.17, 15) is 16.8 Å². The maximum absolute atomic E-state index is 14.2. The van der Waals surface area contributed by atoms with E-state index in [1.54, 1.807) is 6.07 Å². The molecular weight excluding hydrogens is 573 g/mol. The fraction of sp³-hybridized carbons (Fsp3) is 0.600. The van der Waals surface area contributed by atoms with Crippen molar-refractivity contribution >= 4 is 37.1 Å². The van der Waals surface area contributed by atoms with Crippen molar-refractivity contribution in [3.05, 3.63) is 42.0 Å². The molecule has 10 nitrogen and oxygen atoms in total. The molecular formula is C30H48N6O4S2. The molecule has 234 valence electrons. The maximum Gasteiger partial charge on any atom is 0.245 e. The summed E-state index contributed by atoms with van der Waals surface area (Å²) < 4.78 is 59.7. The molecule has 2 aromatic rings. The van der Waals surface area contributed by atoms with Crippen molar-refractivity contribution in [1.82, 2.24) is 13.5 Å². The van der Waals surface area contributed by atoms with Crippen LogP contribution >= 0.6 is 0 Å². The molecule has 2 heterocycles. The summed E-state index contributed by atoms with van der Waals surface area (Å²) in [5, 5.41) is 3.38. The van der Waals surface area contributed by atoms with Gasteiger partial charge in [0.1, 0.15) is 9.79 Å². The third-order valence-corrected chi connectivity index (χ3v) is 12.0. The van der Waals surface area contributed by atoms with Gasteiger partial charge in [0.2, 0.25) is 20.0 Å². The molecule has 3 N–H and O–H groups in total. The van der Waals surface area contributed by atoms with Gasteiger partial charge < -0.3 is 20.9 Å². The van der Waals surface area contributed by atoms with Gasteiger partial charge in [-0.25, -0.2) is 16.8 Å². The van der Waals surface area contributed by atoms with Crippen molar-refractivity contribution in [3.63, 3.8) is 0 Å². The number of benzene rings is 2. The van der Waals surface area contributed by atoms with Gasteiger partial charge in [0.25, 0.3) is 0 Å². The average Bonchev–Trinajstić information content (AvgIpc) is 2.99. The fourth-order valence-electron chi connectivity index (χ4n) is 5.64. The van der Waals surface area contributed by atoms with Crippen LogP contribution in [0.1, 0.15) is 51.0 Å². The molecule has 0 aliphatic carbocycles. The molecule has 2 fully saturated rings. The Morgan fingerprint density at radius 3 is 1.86 bits per heavy atom. The first-order chi connectivity index (χ1) is 20.0. The monoisotopic (exact) mass is 620 g/mol. The van der Waals surface area contributed by atoms with Gasteiger partial charge in [0.05, 0.1) is 11.4 Å². The molecule has 12 heteroatoms. The van der Waals surface area contributed by atoms with Gasteiger partial charge in [-0.2, -0.15) is 8.61 Å². The fourth-order valence-corrected chi connectivity index (χ4v) is 9.14. The first kappa shape index (κ1) is 32.5. The van der Waals surface area contributed by atoms with Crippen molar-refractivity contribution in [1.29, 1.82) is 0 Å². The van der Waals surface area contributed by atoms with E-state index in [1.165, 1.54) is 14.7 Å². The van der Waals surface area contributed by atoms with E-state index in [4.69, 9.17) is 5.73 Å². The third-order valence-electron chi connectivity index (χ3n) is 8.18. The van der Waals surface area contributed by atoms with Crippen LogP contribution in [0.15, 0.2) is 46.2 Å². The van der Waals surface area contributed by atoms with Crippen LogP contribution in [0.4, 0.5) is 17.1 Å². The average molecular weight is 621 g/mol. The van der Waals surface area contributed by atoms with Gasteiger partial charge in [-0.15, -0.1) is 0 Å². The van der Waals surface area contributed by atoms with Crippen molar-refractivity contribution in [2.24, 2.45) is 0 Å². The number of anilines is 3. The van der Waals surface area contributed by atoms with E-state index in [1.807, 2.05) is 50.2 Å². The van der Waals surface area contributed by atoms with E-state index in [0.717, 1.165) is 50.6 Å². The van der Waals surface area contributed by atoms with E-state index >= 15 is 0 Å². The lowest BCUT2D eigenvalue weighted by atomic mass is 10.1. The molecule has 0 spiro atoms. The number of nitrogen functional groups attached to an aromatic ring is 1. The van der Waals surface area contributed by atoms with Crippen LogP contribution in [0.2, 0.25) is 0 Å². The Morgan fingerprint density at radius 1 is 0.786 bits per heavy atom. The molecule has 0 atom stereocenters. The van der Waals surface area contributed by atoms with Crippen molar-refractivity contribution in [2.75, 3.05) is 82.4 Å². The van der Waals surface area contributed by atoms with Crippen LogP contribution in [-0.4, -0.2) is 96.8 Å². The van der Waals surface area contributed by atoms with Gasteiger partial charge in [-0.05, 0) is 83.0 Å². The van der Waals surface area contributed by atoms with E-state index in [-0.39, 0.29) is 9.79 Å². The second-order valence-corrected chi connectivity index (χ2v) is 15.4. The Balaban J connectivity index is 1.82. The van der Waals surface area contributed by atoms with Crippen LogP contribution in [0.25, 0.3) is 0 Å². The summed E-state index contributed by atoms with van der Waals surface area (Å²) in [5.74, 6) is 0. The second kappa shape index (κ2) is 14.4. The van der Waals surface area contributed by atoms with Crippen LogP contribution < -0.4 is 16.0 Å². The predicted molar refractivity (Wildman–Crippen MR) is 171 cm³/mol. The maximum atomic E-state index is 14.2. The summed E-state index contributed by atoms with van der Waals surface area (Å²) in [4.78, 5) is 4.20. The summed E-state index contributed by atoms with van der Waals surface area (Å²) in [6.07, 6.45) is 5.84. The molecule has 0 aromatic heterocycles. The number of rotatable bonds is 13. The van der Waals surface area contributed by atoms with Gasteiger partial charge in [0, 0.05) is 58.0 Å². The lowest BCUT2D eigenvalue weighted by molar-refractivity contribution is 0.345. The smallest absolute Gasteiger partial charge is 0.245 e. The third kappa shape index (κ3) is 7.76. The molecule has 4 rings (SSSR count). The van der Waals surface area contributed by atoms with Gasteiger partial charge in [-0.1, -0.05) is 25.0 Å². The van der Waals surface area contributed by atoms with E-state index in [0.29, 0.717) is 69.3 Å². The Kier molecular flexibility index (Phi) is 11.1. The molecule has 0 unspecified atom stereocenters. The number of sulfonamides is 2. The standard InChI is InChI=1S/C30H48N6O4S2/c1-4-34(22-21-33(2)3)28-23-27(32-16-15-25-11-13-26(31)14-12-25)29(41(37,38)35-17-7-5-8-18-35)24-30(28)42(39,40)36-19-9-6-10-20-36/h11-14,23-24,32H,4-10,15-22,31H2,1-3H3. The van der Waals surface area contributed by atoms with Gasteiger partial charge in [-0.3, -0.25) is 0 Å². The SMILES string of the molecule is CCN(CCN(C)C)c1cc(NCCc2ccc(N)cc2)c(S(=O)(=O)N2CCCCC2)cc1S(=O)(=O)N1CCCCC1. The normalized spacial score (nSPS) is 17.4. The van der Waals surface area contributed by atoms with Crippen molar-refractivity contribution in [3.8, 4) is 0 Å². The van der Waals surface area contributed by atoms with Crippen LogP contribution in [0, 0.1) is 0 Å². The molecule has 42 heavy (non-hydrogen) atoms. The quantitative estimate of drug-likeness (QED) is 0.326. The Bertz CT molecular complexity index is 1390. The molecule has 0 bridgehead atoms. The van der Waals surface area contributed by atoms with Crippen molar-refractivity contribution < 1.29 is 16.8 Å². The summed E-state index contributed by atoms with van der Waals surface area (Å²) in [6.45, 7) is 6.16. The number of nitrogens with one attached hydrogen (secondary N) is 1. The summed E-state index contributed by atoms with van der Waals surface area (Å²) in [6, 6.07) is 10.8. The van der Waals surface area contributed by atoms with Crippen molar-refractivity contribution in [2.45, 2.75) is 61.7 Å². The summed E-state index contributed by atoms with van der Waals surface area (Å²) >= 11 is 0. The Morgan fingerprint density at radius 2 is 1.33 bits per heavy atom. The molecule has 0 amide bonds. The number of piperidine rings is 2. The van der Waals surface area contributed by atoms with Gasteiger partial charge in [0.15, 0.2) is 0 Å². The minimum absolute atomic E-state index is 0.0321. The molecule has 0 saturated carbocycles. The Labute approximate surface area is 252 Å². The number of nitrogens with zero attached hydrogens (tertiary/aromatic N) is 4. The highest BCUT2D eigenvalue weighted by atomic mass is 32.2. The molecule has 2 aliphatic rings. The second-order valence-electron chi connectivity index (χ2n) is 11.5. The van der Waals surface area contributed by atoms with E-state index < -0.39 is 20.0 Å². The van der Waals surface area contributed by atoms with E-state index in [2.05, 4.69) is 10.2 Å². The molecule has 2 aliphatic heterocycles. The largest absolute Gasteiger partial charge is 0.399 e. The zero-order chi connectivity index (χ0) is 30.3. The minimum atomic E-state index is -3.94. The minimum Gasteiger partial charge on any atom is -0.399 e. The number of hydrogen-bond donors (Lipinski definition) is 2. The zero-order valence-electron chi connectivity index (χ0n) is 25.4. The molecule has 2 aromatic carbocycles. The lowest BCUT2D eigenvalue weighted by Crippen LogP contribution is -2.39. The van der Waals surface area contributed by atoms with Gasteiger partial charge >= 0.3 is 0 Å².